The van der Waals surface area contributed by atoms with Gasteiger partial charge in [0, 0.05) is 0 Å². The van der Waals surface area contributed by atoms with Crippen LogP contribution in [0.5, 0.6) is 0 Å². The van der Waals surface area contributed by atoms with E-state index in [9.17, 15) is 0 Å². The monoisotopic (exact) mass is 212 g/mol. The van der Waals surface area contributed by atoms with E-state index in [4.69, 9.17) is 58.0 Å². The normalized spacial score (nSPS) is 11.1. The third-order valence-corrected chi connectivity index (χ3v) is 0.818. The van der Waals surface area contributed by atoms with Gasteiger partial charge < -0.3 is 0 Å². The minimum Gasteiger partial charge on any atom is -0.0790 e. The zero-order valence-corrected chi connectivity index (χ0v) is 7.25. The quantitative estimate of drug-likeness (QED) is 0.540. The molecule has 0 aromatic heterocycles. The Morgan fingerprint density at radius 1 is 1.12 bits per heavy atom. The third-order valence-electron chi connectivity index (χ3n) is 0.273. The van der Waals surface area contributed by atoms with Gasteiger partial charge in [-0.05, 0) is 6.08 Å². The summed E-state index contributed by atoms with van der Waals surface area (Å²) in [5.41, 5.74) is 0. The van der Waals surface area contributed by atoms with Gasteiger partial charge in [-0.2, -0.15) is 0 Å². The molecule has 0 aliphatic carbocycles. The molecule has 0 nitrogen and oxygen atoms in total. The number of alkyl halides is 3. The van der Waals surface area contributed by atoms with E-state index in [-0.39, 0.29) is 4.49 Å². The second kappa shape index (κ2) is 3.38. The second-order valence-electron chi connectivity index (χ2n) is 0.976. The first-order valence-electron chi connectivity index (χ1n) is 1.52. The van der Waals surface area contributed by atoms with Crippen LogP contribution in [0.3, 0.4) is 0 Å². The van der Waals surface area contributed by atoms with Crippen molar-refractivity contribution in [1.29, 1.82) is 0 Å². The SMILES string of the molecule is ClC(Cl)=CC(Cl)(Cl)Cl. The van der Waals surface area contributed by atoms with Crippen LogP contribution >= 0.6 is 58.0 Å². The van der Waals surface area contributed by atoms with Crippen LogP contribution in [0.4, 0.5) is 0 Å². The summed E-state index contributed by atoms with van der Waals surface area (Å²) in [5.74, 6) is 0. The largest absolute Gasteiger partial charge is 0.211 e. The maximum Gasteiger partial charge on any atom is 0.211 e. The summed E-state index contributed by atoms with van der Waals surface area (Å²) >= 11 is 25.9. The summed E-state index contributed by atoms with van der Waals surface area (Å²) in [7, 11) is 0. The zero-order valence-electron chi connectivity index (χ0n) is 3.47. The Morgan fingerprint density at radius 2 is 1.50 bits per heavy atom. The summed E-state index contributed by atoms with van der Waals surface area (Å²) in [6.07, 6.45) is 1.10. The van der Waals surface area contributed by atoms with Crippen LogP contribution in [0, 0.1) is 0 Å². The van der Waals surface area contributed by atoms with Crippen molar-refractivity contribution in [3.05, 3.63) is 10.6 Å². The Labute approximate surface area is 72.3 Å². The molecule has 0 aromatic carbocycles. The highest BCUT2D eigenvalue weighted by Gasteiger charge is 2.15. The number of allylic oxidation sites excluding steroid dienone is 1. The highest BCUT2D eigenvalue weighted by molar-refractivity contribution is 6.70. The summed E-state index contributed by atoms with van der Waals surface area (Å²) in [6, 6.07) is 0. The molecule has 0 spiro atoms. The molecule has 0 unspecified atom stereocenters. The molecule has 0 amide bonds. The molecular formula is C3HCl5. The first kappa shape index (κ1) is 9.19. The van der Waals surface area contributed by atoms with Crippen molar-refractivity contribution in [3.8, 4) is 0 Å². The summed E-state index contributed by atoms with van der Waals surface area (Å²) in [6.45, 7) is 0. The molecule has 0 N–H and O–H groups in total. The Hall–Kier alpha value is 1.19. The lowest BCUT2D eigenvalue weighted by molar-refractivity contribution is 1.47. The highest BCUT2D eigenvalue weighted by atomic mass is 35.6. The fraction of sp³-hybridized carbons (Fsp3) is 0.333. The Balaban J connectivity index is 3.89. The van der Waals surface area contributed by atoms with Gasteiger partial charge in [-0.15, -0.1) is 0 Å². The molecule has 0 bridgehead atoms. The molecule has 0 saturated heterocycles. The minimum atomic E-state index is -1.49. The van der Waals surface area contributed by atoms with Crippen LogP contribution in [-0.4, -0.2) is 3.79 Å². The maximum absolute atomic E-state index is 5.21. The molecule has 0 heterocycles. The van der Waals surface area contributed by atoms with E-state index in [1.54, 1.807) is 0 Å². The van der Waals surface area contributed by atoms with Crippen LogP contribution in [0.2, 0.25) is 0 Å². The predicted octanol–water partition coefficient (Wildman–Crippen LogP) is 3.68. The van der Waals surface area contributed by atoms with Gasteiger partial charge in [-0.3, -0.25) is 0 Å². The molecule has 8 heavy (non-hydrogen) atoms. The second-order valence-corrected chi connectivity index (χ2v) is 4.35. The summed E-state index contributed by atoms with van der Waals surface area (Å²) in [5, 5.41) is 0. The van der Waals surface area contributed by atoms with E-state index in [0.717, 1.165) is 6.08 Å². The van der Waals surface area contributed by atoms with Crippen molar-refractivity contribution in [3.63, 3.8) is 0 Å². The number of rotatable bonds is 0. The van der Waals surface area contributed by atoms with Crippen LogP contribution in [0.1, 0.15) is 0 Å². The van der Waals surface area contributed by atoms with Crippen molar-refractivity contribution >= 4 is 58.0 Å². The fourth-order valence-corrected chi connectivity index (χ4v) is 1.11. The third kappa shape index (κ3) is 7.19. The van der Waals surface area contributed by atoms with Crippen LogP contribution in [-0.2, 0) is 0 Å². The molecule has 0 saturated carbocycles. The smallest absolute Gasteiger partial charge is 0.0790 e. The minimum absolute atomic E-state index is 0.0509. The van der Waals surface area contributed by atoms with Gasteiger partial charge in [-0.25, -0.2) is 0 Å². The molecule has 5 heteroatoms. The molecule has 0 fully saturated rings. The topological polar surface area (TPSA) is 0 Å². The van der Waals surface area contributed by atoms with Crippen molar-refractivity contribution in [1.82, 2.24) is 0 Å². The average molecular weight is 214 g/mol. The first-order chi connectivity index (χ1) is 3.42. The van der Waals surface area contributed by atoms with Gasteiger partial charge in [-0.1, -0.05) is 58.0 Å². The number of hydrogen-bond acceptors (Lipinski definition) is 0. The van der Waals surface area contributed by atoms with E-state index in [2.05, 4.69) is 0 Å². The van der Waals surface area contributed by atoms with Crippen molar-refractivity contribution in [2.75, 3.05) is 0 Å². The van der Waals surface area contributed by atoms with Crippen molar-refractivity contribution in [2.45, 2.75) is 3.79 Å². The van der Waals surface area contributed by atoms with Crippen molar-refractivity contribution in [2.24, 2.45) is 0 Å². The molecule has 0 aliphatic heterocycles. The van der Waals surface area contributed by atoms with E-state index in [0.29, 0.717) is 0 Å². The summed E-state index contributed by atoms with van der Waals surface area (Å²) < 4.78 is -1.54. The first-order valence-corrected chi connectivity index (χ1v) is 3.41. The van der Waals surface area contributed by atoms with Gasteiger partial charge in [0.15, 0.2) is 0 Å². The Kier molecular flexibility index (Phi) is 3.88. The van der Waals surface area contributed by atoms with E-state index in [1.807, 2.05) is 0 Å². The number of halogens is 5. The van der Waals surface area contributed by atoms with Crippen LogP contribution in [0.25, 0.3) is 0 Å². The highest BCUT2D eigenvalue weighted by Crippen LogP contribution is 2.30. The van der Waals surface area contributed by atoms with E-state index >= 15 is 0 Å². The lowest BCUT2D eigenvalue weighted by Crippen LogP contribution is -1.93. The molecule has 0 aliphatic rings. The van der Waals surface area contributed by atoms with E-state index in [1.165, 1.54) is 0 Å². The van der Waals surface area contributed by atoms with Gasteiger partial charge in [0.05, 0.1) is 0 Å². The van der Waals surface area contributed by atoms with Gasteiger partial charge >= 0.3 is 0 Å². The fourth-order valence-electron chi connectivity index (χ4n) is 0.124. The average Bonchev–Trinajstić information content (AvgIpc) is 1.21. The van der Waals surface area contributed by atoms with Crippen LogP contribution < -0.4 is 0 Å². The number of hydrogen-bond donors (Lipinski definition) is 0. The maximum atomic E-state index is 5.21. The molecule has 0 aromatic rings. The van der Waals surface area contributed by atoms with Gasteiger partial charge in [0.25, 0.3) is 0 Å². The van der Waals surface area contributed by atoms with Gasteiger partial charge in [0.1, 0.15) is 4.49 Å². The molecule has 0 atom stereocenters. The molecule has 0 radical (unpaired) electrons. The molecular weight excluding hydrogens is 213 g/mol. The lowest BCUT2D eigenvalue weighted by atomic mass is 10.7. The lowest BCUT2D eigenvalue weighted by Gasteiger charge is -2.00. The van der Waals surface area contributed by atoms with Crippen LogP contribution in [0.15, 0.2) is 10.6 Å². The Bertz CT molecular complexity index is 94.7. The van der Waals surface area contributed by atoms with Crippen molar-refractivity contribution < 1.29 is 0 Å². The molecule has 48 valence electrons. The van der Waals surface area contributed by atoms with E-state index < -0.39 is 3.79 Å². The zero-order chi connectivity index (χ0) is 6.78. The predicted molar refractivity (Wildman–Crippen MR) is 40.1 cm³/mol. The Morgan fingerprint density at radius 3 is 1.50 bits per heavy atom. The van der Waals surface area contributed by atoms with Gasteiger partial charge in [0.2, 0.25) is 3.79 Å². The standard InChI is InChI=1S/C3HCl5/c4-2(5)1-3(6,7)8/h1H. The summed E-state index contributed by atoms with van der Waals surface area (Å²) in [4.78, 5) is 0. The molecule has 0 rings (SSSR count).